The Kier molecular flexibility index (Phi) is 3.40. The van der Waals surface area contributed by atoms with Crippen LogP contribution in [0.25, 0.3) is 0 Å². The van der Waals surface area contributed by atoms with Crippen molar-refractivity contribution in [2.24, 2.45) is 0 Å². The number of pyridine rings is 1. The van der Waals surface area contributed by atoms with Crippen molar-refractivity contribution in [2.75, 3.05) is 6.54 Å². The SMILES string of the molecule is Cc1cc(CN2CCn3cc(C(=O)O)c(=O)c(O)c3C2=O)no1. The number of nitrogens with zero attached hydrogens (tertiary/aromatic N) is 3. The van der Waals surface area contributed by atoms with E-state index in [-0.39, 0.29) is 18.8 Å². The molecular weight excluding hydrogens is 306 g/mol. The molecule has 0 atom stereocenters. The smallest absolute Gasteiger partial charge is 0.341 e. The summed E-state index contributed by atoms with van der Waals surface area (Å²) in [5.41, 5.74) is -1.31. The largest absolute Gasteiger partial charge is 0.503 e. The van der Waals surface area contributed by atoms with Gasteiger partial charge in [0.15, 0.2) is 11.4 Å². The predicted octanol–water partition coefficient (Wildman–Crippen LogP) is 0.205. The second-order valence-electron chi connectivity index (χ2n) is 5.22. The second kappa shape index (κ2) is 5.27. The fraction of sp³-hybridized carbons (Fsp3) is 0.286. The maximum Gasteiger partial charge on any atom is 0.341 e. The number of hydrogen-bond acceptors (Lipinski definition) is 6. The highest BCUT2D eigenvalue weighted by Gasteiger charge is 2.31. The lowest BCUT2D eigenvalue weighted by Gasteiger charge is -2.29. The third-order valence-corrected chi connectivity index (χ3v) is 3.62. The van der Waals surface area contributed by atoms with Crippen molar-refractivity contribution in [3.05, 3.63) is 45.2 Å². The van der Waals surface area contributed by atoms with Crippen molar-refractivity contribution < 1.29 is 24.3 Å². The Balaban J connectivity index is 1.98. The fourth-order valence-corrected chi connectivity index (χ4v) is 2.52. The van der Waals surface area contributed by atoms with Crippen LogP contribution in [0.4, 0.5) is 0 Å². The van der Waals surface area contributed by atoms with E-state index in [4.69, 9.17) is 9.63 Å². The minimum atomic E-state index is -1.45. The zero-order valence-electron chi connectivity index (χ0n) is 12.1. The number of carbonyl (C=O) groups excluding carboxylic acids is 1. The van der Waals surface area contributed by atoms with Crippen LogP contribution in [-0.4, -0.2) is 43.3 Å². The number of carbonyl (C=O) groups is 2. The lowest BCUT2D eigenvalue weighted by molar-refractivity contribution is 0.0660. The molecule has 0 unspecified atom stereocenters. The summed E-state index contributed by atoms with van der Waals surface area (Å²) in [4.78, 5) is 36.8. The summed E-state index contributed by atoms with van der Waals surface area (Å²) in [5.74, 6) is -2.26. The monoisotopic (exact) mass is 319 g/mol. The predicted molar refractivity (Wildman–Crippen MR) is 75.3 cm³/mol. The Morgan fingerprint density at radius 3 is 2.74 bits per heavy atom. The summed E-state index contributed by atoms with van der Waals surface area (Å²) in [6, 6.07) is 1.68. The zero-order chi connectivity index (χ0) is 16.7. The Hall–Kier alpha value is -3.10. The van der Waals surface area contributed by atoms with E-state index < -0.39 is 28.6 Å². The molecule has 3 heterocycles. The number of aromatic carboxylic acids is 1. The Morgan fingerprint density at radius 1 is 1.39 bits per heavy atom. The Bertz CT molecular complexity index is 866. The molecule has 23 heavy (non-hydrogen) atoms. The molecule has 0 radical (unpaired) electrons. The molecule has 120 valence electrons. The molecule has 1 aliphatic heterocycles. The van der Waals surface area contributed by atoms with E-state index in [1.807, 2.05) is 0 Å². The van der Waals surface area contributed by atoms with E-state index in [0.717, 1.165) is 6.20 Å². The summed E-state index contributed by atoms with van der Waals surface area (Å²) in [7, 11) is 0. The van der Waals surface area contributed by atoms with Gasteiger partial charge < -0.3 is 24.2 Å². The van der Waals surface area contributed by atoms with Gasteiger partial charge in [0.1, 0.15) is 17.0 Å². The van der Waals surface area contributed by atoms with Crippen LogP contribution in [0.2, 0.25) is 0 Å². The first-order valence-corrected chi connectivity index (χ1v) is 6.79. The van der Waals surface area contributed by atoms with Crippen LogP contribution in [0, 0.1) is 6.92 Å². The van der Waals surface area contributed by atoms with E-state index in [1.165, 1.54) is 9.47 Å². The molecule has 2 aromatic heterocycles. The molecule has 0 bridgehead atoms. The maximum absolute atomic E-state index is 12.5. The number of aryl methyl sites for hydroxylation is 1. The molecule has 0 saturated heterocycles. The standard InChI is InChI=1S/C14H13N3O6/c1-7-4-8(15-23-7)5-17-3-2-16-6-9(14(21)22)11(18)12(19)10(16)13(17)20/h4,6,19H,2-3,5H2,1H3,(H,21,22). The molecule has 1 aliphatic rings. The van der Waals surface area contributed by atoms with E-state index in [2.05, 4.69) is 5.16 Å². The number of carboxylic acids is 1. The van der Waals surface area contributed by atoms with Gasteiger partial charge in [0.25, 0.3) is 5.91 Å². The average Bonchev–Trinajstić information content (AvgIpc) is 2.90. The van der Waals surface area contributed by atoms with Crippen LogP contribution in [0.5, 0.6) is 5.75 Å². The van der Waals surface area contributed by atoms with Crippen molar-refractivity contribution in [3.8, 4) is 5.75 Å². The third-order valence-electron chi connectivity index (χ3n) is 3.62. The highest BCUT2D eigenvalue weighted by molar-refractivity contribution is 5.97. The Labute approximate surface area is 129 Å². The van der Waals surface area contributed by atoms with E-state index in [0.29, 0.717) is 18.0 Å². The maximum atomic E-state index is 12.5. The fourth-order valence-electron chi connectivity index (χ4n) is 2.52. The van der Waals surface area contributed by atoms with Crippen LogP contribution in [0.3, 0.4) is 0 Å². The number of aromatic hydroxyl groups is 1. The van der Waals surface area contributed by atoms with Crippen LogP contribution in [0.1, 0.15) is 32.3 Å². The minimum absolute atomic E-state index is 0.171. The topological polar surface area (TPSA) is 126 Å². The lowest BCUT2D eigenvalue weighted by Crippen LogP contribution is -2.41. The summed E-state index contributed by atoms with van der Waals surface area (Å²) < 4.78 is 6.22. The minimum Gasteiger partial charge on any atom is -0.503 e. The number of fused-ring (bicyclic) bond motifs is 1. The lowest BCUT2D eigenvalue weighted by atomic mass is 10.1. The van der Waals surface area contributed by atoms with Gasteiger partial charge in [-0.1, -0.05) is 5.16 Å². The first-order chi connectivity index (χ1) is 10.9. The Morgan fingerprint density at radius 2 is 2.13 bits per heavy atom. The van der Waals surface area contributed by atoms with E-state index >= 15 is 0 Å². The quantitative estimate of drug-likeness (QED) is 0.827. The van der Waals surface area contributed by atoms with Gasteiger partial charge in [-0.2, -0.15) is 0 Å². The van der Waals surface area contributed by atoms with Gasteiger partial charge in [-0.3, -0.25) is 9.59 Å². The molecule has 0 saturated carbocycles. The van der Waals surface area contributed by atoms with Gasteiger partial charge in [0, 0.05) is 25.4 Å². The van der Waals surface area contributed by atoms with Gasteiger partial charge >= 0.3 is 5.97 Å². The van der Waals surface area contributed by atoms with Crippen LogP contribution in [-0.2, 0) is 13.1 Å². The van der Waals surface area contributed by atoms with Gasteiger partial charge in [0.2, 0.25) is 5.43 Å². The molecule has 2 N–H and O–H groups in total. The van der Waals surface area contributed by atoms with Gasteiger partial charge in [-0.15, -0.1) is 0 Å². The first kappa shape index (κ1) is 14.8. The molecule has 0 spiro atoms. The second-order valence-corrected chi connectivity index (χ2v) is 5.22. The van der Waals surface area contributed by atoms with E-state index in [9.17, 15) is 19.5 Å². The van der Waals surface area contributed by atoms with Gasteiger partial charge in [-0.25, -0.2) is 4.79 Å². The van der Waals surface area contributed by atoms with Crippen LogP contribution < -0.4 is 5.43 Å². The van der Waals surface area contributed by atoms with Crippen molar-refractivity contribution >= 4 is 11.9 Å². The zero-order valence-corrected chi connectivity index (χ0v) is 12.1. The number of hydrogen-bond donors (Lipinski definition) is 2. The number of aromatic nitrogens is 2. The molecule has 9 heteroatoms. The highest BCUT2D eigenvalue weighted by atomic mass is 16.5. The summed E-state index contributed by atoms with van der Waals surface area (Å²) in [6.45, 7) is 2.44. The molecule has 9 nitrogen and oxygen atoms in total. The highest BCUT2D eigenvalue weighted by Crippen LogP contribution is 2.21. The van der Waals surface area contributed by atoms with Crippen molar-refractivity contribution in [3.63, 3.8) is 0 Å². The van der Waals surface area contributed by atoms with Gasteiger partial charge in [0.05, 0.1) is 6.54 Å². The summed E-state index contributed by atoms with van der Waals surface area (Å²) >= 11 is 0. The number of amides is 1. The molecule has 0 aromatic carbocycles. The van der Waals surface area contributed by atoms with Crippen molar-refractivity contribution in [1.82, 2.24) is 14.6 Å². The molecule has 0 fully saturated rings. The molecule has 3 rings (SSSR count). The van der Waals surface area contributed by atoms with Crippen molar-refractivity contribution in [1.29, 1.82) is 0 Å². The third kappa shape index (κ3) is 2.45. The van der Waals surface area contributed by atoms with Crippen LogP contribution in [0.15, 0.2) is 21.6 Å². The van der Waals surface area contributed by atoms with Gasteiger partial charge in [-0.05, 0) is 6.92 Å². The van der Waals surface area contributed by atoms with Crippen LogP contribution >= 0.6 is 0 Å². The number of carboxylic acid groups (broad SMARTS) is 1. The first-order valence-electron chi connectivity index (χ1n) is 6.79. The van der Waals surface area contributed by atoms with E-state index in [1.54, 1.807) is 13.0 Å². The molecular formula is C14H13N3O6. The molecule has 0 aliphatic carbocycles. The van der Waals surface area contributed by atoms with Crippen molar-refractivity contribution in [2.45, 2.75) is 20.0 Å². The molecule has 2 aromatic rings. The average molecular weight is 319 g/mol. The summed E-state index contributed by atoms with van der Waals surface area (Å²) in [6.07, 6.45) is 1.08. The number of rotatable bonds is 3. The normalized spacial score (nSPS) is 14.0. The molecule has 1 amide bonds. The summed E-state index contributed by atoms with van der Waals surface area (Å²) in [5, 5.41) is 22.7.